The number of rotatable bonds is 6. The van der Waals surface area contributed by atoms with E-state index >= 15 is 0 Å². The maximum absolute atomic E-state index is 10.8. The lowest BCUT2D eigenvalue weighted by molar-refractivity contribution is -0.133. The van der Waals surface area contributed by atoms with Gasteiger partial charge in [0.1, 0.15) is 0 Å². The molecule has 1 fully saturated rings. The molecule has 0 bridgehead atoms. The first kappa shape index (κ1) is 14.1. The minimum absolute atomic E-state index is 0.0115. The van der Waals surface area contributed by atoms with Gasteiger partial charge in [0.2, 0.25) is 0 Å². The summed E-state index contributed by atoms with van der Waals surface area (Å²) in [6, 6.07) is 9.93. The number of carboxylic acids is 1. The molecule has 0 saturated heterocycles. The molecule has 21 heavy (non-hydrogen) atoms. The highest BCUT2D eigenvalue weighted by Crippen LogP contribution is 2.32. The molecule has 0 amide bonds. The molecule has 0 atom stereocenters. The first-order chi connectivity index (χ1) is 10.2. The summed E-state index contributed by atoms with van der Waals surface area (Å²) in [5.41, 5.74) is 1.02. The van der Waals surface area contributed by atoms with Crippen molar-refractivity contribution in [1.82, 2.24) is 14.8 Å². The second-order valence-electron chi connectivity index (χ2n) is 5.26. The van der Waals surface area contributed by atoms with Gasteiger partial charge in [-0.3, -0.25) is 4.79 Å². The van der Waals surface area contributed by atoms with Gasteiger partial charge in [0.05, 0.1) is 5.75 Å². The Morgan fingerprint density at radius 1 is 1.29 bits per heavy atom. The van der Waals surface area contributed by atoms with Crippen molar-refractivity contribution in [3.63, 3.8) is 0 Å². The molecular formula is C15H17N3O2S. The van der Waals surface area contributed by atoms with Gasteiger partial charge in [-0.1, -0.05) is 48.5 Å². The van der Waals surface area contributed by atoms with Crippen molar-refractivity contribution in [1.29, 1.82) is 0 Å². The minimum atomic E-state index is -0.834. The summed E-state index contributed by atoms with van der Waals surface area (Å²) in [5.74, 6) is 0.667. The normalized spacial score (nSPS) is 14.9. The summed E-state index contributed by atoms with van der Waals surface area (Å²) in [7, 11) is 0. The fourth-order valence-corrected chi connectivity index (χ4v) is 3.09. The average Bonchev–Trinajstić information content (AvgIpc) is 2.84. The lowest BCUT2D eigenvalue weighted by atomic mass is 9.85. The van der Waals surface area contributed by atoms with Crippen LogP contribution in [0.3, 0.4) is 0 Å². The molecule has 5 nitrogen and oxygen atoms in total. The Bertz CT molecular complexity index is 623. The number of aromatic nitrogens is 3. The second kappa shape index (κ2) is 6.30. The average molecular weight is 303 g/mol. The molecular weight excluding hydrogens is 286 g/mol. The highest BCUT2D eigenvalue weighted by atomic mass is 32.2. The van der Waals surface area contributed by atoms with Crippen LogP contribution in [0, 0.1) is 5.92 Å². The number of nitrogens with zero attached hydrogens (tertiary/aromatic N) is 3. The van der Waals surface area contributed by atoms with Crippen LogP contribution >= 0.6 is 11.8 Å². The van der Waals surface area contributed by atoms with Gasteiger partial charge in [-0.05, 0) is 18.8 Å². The third kappa shape index (κ3) is 3.26. The van der Waals surface area contributed by atoms with Gasteiger partial charge >= 0.3 is 5.97 Å². The number of hydrogen-bond acceptors (Lipinski definition) is 4. The van der Waals surface area contributed by atoms with Gasteiger partial charge in [-0.2, -0.15) is 0 Å². The maximum Gasteiger partial charge on any atom is 0.313 e. The lowest BCUT2D eigenvalue weighted by Gasteiger charge is -2.26. The van der Waals surface area contributed by atoms with Crippen LogP contribution in [0.25, 0.3) is 11.4 Å². The quantitative estimate of drug-likeness (QED) is 0.831. The number of benzene rings is 1. The monoisotopic (exact) mass is 303 g/mol. The van der Waals surface area contributed by atoms with E-state index in [-0.39, 0.29) is 5.75 Å². The fourth-order valence-electron chi connectivity index (χ4n) is 2.42. The number of carboxylic acid groups (broad SMARTS) is 1. The Morgan fingerprint density at radius 2 is 2.05 bits per heavy atom. The van der Waals surface area contributed by atoms with Crippen LogP contribution in [-0.2, 0) is 11.3 Å². The largest absolute Gasteiger partial charge is 0.481 e. The van der Waals surface area contributed by atoms with Crippen LogP contribution < -0.4 is 0 Å². The molecule has 2 aromatic rings. The SMILES string of the molecule is O=C(O)CSc1nnc(-c2ccccc2)n1CC1CCC1. The van der Waals surface area contributed by atoms with Crippen molar-refractivity contribution in [2.75, 3.05) is 5.75 Å². The molecule has 1 aliphatic rings. The van der Waals surface area contributed by atoms with Gasteiger partial charge < -0.3 is 9.67 Å². The third-order valence-electron chi connectivity index (χ3n) is 3.74. The van der Waals surface area contributed by atoms with Crippen LogP contribution in [0.4, 0.5) is 0 Å². The molecule has 1 N–H and O–H groups in total. The van der Waals surface area contributed by atoms with E-state index in [1.165, 1.54) is 31.0 Å². The van der Waals surface area contributed by atoms with Crippen molar-refractivity contribution in [3.05, 3.63) is 30.3 Å². The third-order valence-corrected chi connectivity index (χ3v) is 4.69. The van der Waals surface area contributed by atoms with Crippen molar-refractivity contribution < 1.29 is 9.90 Å². The Kier molecular flexibility index (Phi) is 4.24. The minimum Gasteiger partial charge on any atom is -0.481 e. The summed E-state index contributed by atoms with van der Waals surface area (Å²) in [6.45, 7) is 0.874. The summed E-state index contributed by atoms with van der Waals surface area (Å²) in [4.78, 5) is 10.8. The van der Waals surface area contributed by atoms with E-state index in [0.29, 0.717) is 11.1 Å². The van der Waals surface area contributed by atoms with Gasteiger partial charge in [-0.25, -0.2) is 0 Å². The maximum atomic E-state index is 10.8. The van der Waals surface area contributed by atoms with Gasteiger partial charge in [0, 0.05) is 12.1 Å². The van der Waals surface area contributed by atoms with Crippen molar-refractivity contribution in [2.45, 2.75) is 31.0 Å². The van der Waals surface area contributed by atoms with E-state index in [4.69, 9.17) is 5.11 Å². The number of thioether (sulfide) groups is 1. The summed E-state index contributed by atoms with van der Waals surface area (Å²) >= 11 is 1.24. The molecule has 1 saturated carbocycles. The van der Waals surface area contributed by atoms with E-state index in [0.717, 1.165) is 17.9 Å². The van der Waals surface area contributed by atoms with Gasteiger partial charge in [0.25, 0.3) is 0 Å². The molecule has 1 heterocycles. The number of hydrogen-bond donors (Lipinski definition) is 1. The summed E-state index contributed by atoms with van der Waals surface area (Å²) in [6.07, 6.45) is 3.75. The Balaban J connectivity index is 1.89. The molecule has 3 rings (SSSR count). The van der Waals surface area contributed by atoms with Crippen LogP contribution in [0.1, 0.15) is 19.3 Å². The van der Waals surface area contributed by atoms with E-state index in [1.807, 2.05) is 30.3 Å². The number of carbonyl (C=O) groups is 1. The zero-order chi connectivity index (χ0) is 14.7. The molecule has 1 aromatic carbocycles. The molecule has 0 radical (unpaired) electrons. The molecule has 0 spiro atoms. The van der Waals surface area contributed by atoms with Crippen molar-refractivity contribution in [2.24, 2.45) is 5.92 Å². The molecule has 1 aliphatic carbocycles. The van der Waals surface area contributed by atoms with Crippen molar-refractivity contribution in [3.8, 4) is 11.4 Å². The summed E-state index contributed by atoms with van der Waals surface area (Å²) < 4.78 is 2.08. The zero-order valence-electron chi connectivity index (χ0n) is 11.6. The Morgan fingerprint density at radius 3 is 2.67 bits per heavy atom. The number of aliphatic carboxylic acids is 1. The predicted molar refractivity (Wildman–Crippen MR) is 81.2 cm³/mol. The van der Waals surface area contributed by atoms with E-state index in [9.17, 15) is 4.79 Å². The molecule has 1 aromatic heterocycles. The zero-order valence-corrected chi connectivity index (χ0v) is 12.4. The highest BCUT2D eigenvalue weighted by Gasteiger charge is 2.22. The first-order valence-electron chi connectivity index (χ1n) is 7.07. The van der Waals surface area contributed by atoms with E-state index < -0.39 is 5.97 Å². The highest BCUT2D eigenvalue weighted by molar-refractivity contribution is 7.99. The predicted octanol–water partition coefficient (Wildman–Crippen LogP) is 2.92. The van der Waals surface area contributed by atoms with Crippen LogP contribution in [0.2, 0.25) is 0 Å². The smallest absolute Gasteiger partial charge is 0.313 e. The molecule has 110 valence electrons. The Labute approximate surface area is 127 Å². The lowest BCUT2D eigenvalue weighted by Crippen LogP contribution is -2.19. The molecule has 0 unspecified atom stereocenters. The topological polar surface area (TPSA) is 68.0 Å². The van der Waals surface area contributed by atoms with Crippen LogP contribution in [-0.4, -0.2) is 31.6 Å². The van der Waals surface area contributed by atoms with E-state index in [1.54, 1.807) is 0 Å². The first-order valence-corrected chi connectivity index (χ1v) is 8.06. The Hall–Kier alpha value is -1.82. The van der Waals surface area contributed by atoms with E-state index in [2.05, 4.69) is 14.8 Å². The fraction of sp³-hybridized carbons (Fsp3) is 0.400. The van der Waals surface area contributed by atoms with Crippen LogP contribution in [0.5, 0.6) is 0 Å². The van der Waals surface area contributed by atoms with Crippen molar-refractivity contribution >= 4 is 17.7 Å². The second-order valence-corrected chi connectivity index (χ2v) is 6.20. The van der Waals surface area contributed by atoms with Gasteiger partial charge in [0.15, 0.2) is 11.0 Å². The standard InChI is InChI=1S/C15H17N3O2S/c19-13(20)10-21-15-17-16-14(12-7-2-1-3-8-12)18(15)9-11-5-4-6-11/h1-3,7-8,11H,4-6,9-10H2,(H,19,20). The van der Waals surface area contributed by atoms with Crippen LogP contribution in [0.15, 0.2) is 35.5 Å². The summed E-state index contributed by atoms with van der Waals surface area (Å²) in [5, 5.41) is 18.0. The van der Waals surface area contributed by atoms with Gasteiger partial charge in [-0.15, -0.1) is 10.2 Å². The molecule has 6 heteroatoms. The molecule has 0 aliphatic heterocycles.